The van der Waals surface area contributed by atoms with Crippen LogP contribution in [0.15, 0.2) is 36.5 Å². The zero-order valence-corrected chi connectivity index (χ0v) is 11.1. The smallest absolute Gasteiger partial charge is 0.108 e. The first-order valence-corrected chi connectivity index (χ1v) is 6.22. The molecule has 0 aliphatic heterocycles. The van der Waals surface area contributed by atoms with E-state index < -0.39 is 11.7 Å². The highest BCUT2D eigenvalue weighted by Gasteiger charge is 2.30. The Morgan fingerprint density at radius 1 is 1.28 bits per heavy atom. The van der Waals surface area contributed by atoms with Crippen molar-refractivity contribution >= 4 is 10.9 Å². The number of ether oxygens (including phenoxy) is 1. The molecule has 0 fully saturated rings. The SMILES string of the molecule is CCOC(C)(C)C(O)c1cccc2ncccc12. The van der Waals surface area contributed by atoms with Crippen molar-refractivity contribution in [3.63, 3.8) is 0 Å². The van der Waals surface area contributed by atoms with Gasteiger partial charge in [0.05, 0.1) is 11.1 Å². The molecule has 0 bridgehead atoms. The molecule has 2 aromatic rings. The second-order valence-corrected chi connectivity index (χ2v) is 4.86. The quantitative estimate of drug-likeness (QED) is 0.900. The van der Waals surface area contributed by atoms with Crippen LogP contribution < -0.4 is 0 Å². The number of benzene rings is 1. The Balaban J connectivity index is 2.48. The van der Waals surface area contributed by atoms with Gasteiger partial charge in [-0.2, -0.15) is 0 Å². The highest BCUT2D eigenvalue weighted by molar-refractivity contribution is 5.82. The van der Waals surface area contributed by atoms with Crippen molar-refractivity contribution in [2.75, 3.05) is 6.61 Å². The van der Waals surface area contributed by atoms with Crippen molar-refractivity contribution in [3.8, 4) is 0 Å². The van der Waals surface area contributed by atoms with E-state index in [0.29, 0.717) is 6.61 Å². The molecule has 18 heavy (non-hydrogen) atoms. The lowest BCUT2D eigenvalue weighted by atomic mass is 9.92. The third-order valence-electron chi connectivity index (χ3n) is 3.15. The van der Waals surface area contributed by atoms with Crippen molar-refractivity contribution in [3.05, 3.63) is 42.1 Å². The monoisotopic (exact) mass is 245 g/mol. The van der Waals surface area contributed by atoms with Gasteiger partial charge in [0.15, 0.2) is 0 Å². The van der Waals surface area contributed by atoms with E-state index in [-0.39, 0.29) is 0 Å². The van der Waals surface area contributed by atoms with Crippen LogP contribution in [0.1, 0.15) is 32.4 Å². The van der Waals surface area contributed by atoms with Gasteiger partial charge < -0.3 is 9.84 Å². The van der Waals surface area contributed by atoms with E-state index >= 15 is 0 Å². The van der Waals surface area contributed by atoms with Crippen LogP contribution in [-0.2, 0) is 4.74 Å². The van der Waals surface area contributed by atoms with Crippen LogP contribution in [0.5, 0.6) is 0 Å². The number of hydrogen-bond donors (Lipinski definition) is 1. The van der Waals surface area contributed by atoms with E-state index in [1.165, 1.54) is 0 Å². The summed E-state index contributed by atoms with van der Waals surface area (Å²) in [7, 11) is 0. The molecule has 3 heteroatoms. The number of hydrogen-bond acceptors (Lipinski definition) is 3. The molecule has 2 rings (SSSR count). The minimum atomic E-state index is -0.676. The number of rotatable bonds is 4. The molecule has 3 nitrogen and oxygen atoms in total. The number of aliphatic hydroxyl groups is 1. The fourth-order valence-electron chi connectivity index (χ4n) is 2.19. The van der Waals surface area contributed by atoms with Crippen molar-refractivity contribution in [2.45, 2.75) is 32.5 Å². The van der Waals surface area contributed by atoms with Gasteiger partial charge >= 0.3 is 0 Å². The predicted octanol–water partition coefficient (Wildman–Crippen LogP) is 3.08. The molecular weight excluding hydrogens is 226 g/mol. The zero-order chi connectivity index (χ0) is 13.2. The van der Waals surface area contributed by atoms with E-state index in [1.54, 1.807) is 6.20 Å². The molecule has 0 amide bonds. The minimum Gasteiger partial charge on any atom is -0.385 e. The van der Waals surface area contributed by atoms with Crippen LogP contribution in [0.3, 0.4) is 0 Å². The predicted molar refractivity (Wildman–Crippen MR) is 72.4 cm³/mol. The lowest BCUT2D eigenvalue weighted by molar-refractivity contribution is -0.0978. The van der Waals surface area contributed by atoms with E-state index in [4.69, 9.17) is 4.74 Å². The van der Waals surface area contributed by atoms with E-state index in [2.05, 4.69) is 4.98 Å². The Labute approximate surface area is 107 Å². The lowest BCUT2D eigenvalue weighted by Crippen LogP contribution is -2.32. The molecule has 0 spiro atoms. The Morgan fingerprint density at radius 3 is 2.78 bits per heavy atom. The highest BCUT2D eigenvalue weighted by atomic mass is 16.5. The van der Waals surface area contributed by atoms with E-state index in [9.17, 15) is 5.11 Å². The largest absolute Gasteiger partial charge is 0.385 e. The summed E-state index contributed by atoms with van der Waals surface area (Å²) in [6.07, 6.45) is 1.08. The van der Waals surface area contributed by atoms with Gasteiger partial charge in [-0.25, -0.2) is 0 Å². The maximum atomic E-state index is 10.5. The fourth-order valence-corrected chi connectivity index (χ4v) is 2.19. The molecule has 96 valence electrons. The number of nitrogens with zero attached hydrogens (tertiary/aromatic N) is 1. The average molecular weight is 245 g/mol. The molecule has 1 atom stereocenters. The Bertz CT molecular complexity index is 532. The molecule has 1 unspecified atom stereocenters. The summed E-state index contributed by atoms with van der Waals surface area (Å²) in [5.41, 5.74) is 1.14. The minimum absolute atomic E-state index is 0.576. The van der Waals surface area contributed by atoms with Crippen LogP contribution in [0.4, 0.5) is 0 Å². The molecule has 0 saturated heterocycles. The molecule has 0 aliphatic rings. The van der Waals surface area contributed by atoms with Gasteiger partial charge in [-0.05, 0) is 38.5 Å². The van der Waals surface area contributed by atoms with Crippen molar-refractivity contribution in [1.82, 2.24) is 4.98 Å². The van der Waals surface area contributed by atoms with Crippen molar-refractivity contribution < 1.29 is 9.84 Å². The van der Waals surface area contributed by atoms with Crippen molar-refractivity contribution in [1.29, 1.82) is 0 Å². The maximum absolute atomic E-state index is 10.5. The first-order chi connectivity index (χ1) is 8.56. The van der Waals surface area contributed by atoms with Gasteiger partial charge in [-0.1, -0.05) is 18.2 Å². The second-order valence-electron chi connectivity index (χ2n) is 4.86. The first-order valence-electron chi connectivity index (χ1n) is 6.22. The summed E-state index contributed by atoms with van der Waals surface area (Å²) < 4.78 is 5.62. The summed E-state index contributed by atoms with van der Waals surface area (Å²) in [6, 6.07) is 9.64. The second kappa shape index (κ2) is 5.04. The molecule has 1 aromatic heterocycles. The molecule has 0 saturated carbocycles. The number of aliphatic hydroxyl groups excluding tert-OH is 1. The summed E-state index contributed by atoms with van der Waals surface area (Å²) in [5.74, 6) is 0. The molecule has 1 heterocycles. The lowest BCUT2D eigenvalue weighted by Gasteiger charge is -2.31. The molecule has 0 aliphatic carbocycles. The summed E-state index contributed by atoms with van der Waals surface area (Å²) in [4.78, 5) is 4.30. The highest BCUT2D eigenvalue weighted by Crippen LogP contribution is 2.32. The Kier molecular flexibility index (Phi) is 3.64. The standard InChI is InChI=1S/C15H19NO2/c1-4-18-15(2,3)14(17)12-7-5-9-13-11(12)8-6-10-16-13/h5-10,14,17H,4H2,1-3H3. The summed E-state index contributed by atoms with van der Waals surface area (Å²) >= 11 is 0. The van der Waals surface area contributed by atoms with E-state index in [0.717, 1.165) is 16.5 Å². The van der Waals surface area contributed by atoms with Gasteiger partial charge in [0.1, 0.15) is 6.10 Å². The molecular formula is C15H19NO2. The molecule has 0 radical (unpaired) electrons. The summed E-state index contributed by atoms with van der Waals surface area (Å²) in [6.45, 7) is 6.30. The zero-order valence-electron chi connectivity index (χ0n) is 11.1. The third-order valence-corrected chi connectivity index (χ3v) is 3.15. The molecule has 1 N–H and O–H groups in total. The number of pyridine rings is 1. The topological polar surface area (TPSA) is 42.4 Å². The average Bonchev–Trinajstić information content (AvgIpc) is 2.37. The van der Waals surface area contributed by atoms with Gasteiger partial charge in [-0.3, -0.25) is 4.98 Å². The van der Waals surface area contributed by atoms with E-state index in [1.807, 2.05) is 51.1 Å². The summed E-state index contributed by atoms with van der Waals surface area (Å²) in [5, 5.41) is 11.5. The van der Waals surface area contributed by atoms with Crippen LogP contribution in [0.2, 0.25) is 0 Å². The van der Waals surface area contributed by atoms with Crippen LogP contribution in [0, 0.1) is 0 Å². The van der Waals surface area contributed by atoms with Crippen LogP contribution >= 0.6 is 0 Å². The number of aromatic nitrogens is 1. The Morgan fingerprint density at radius 2 is 2.06 bits per heavy atom. The normalized spacial score (nSPS) is 13.8. The van der Waals surface area contributed by atoms with Crippen LogP contribution in [0.25, 0.3) is 10.9 Å². The molecule has 1 aromatic carbocycles. The van der Waals surface area contributed by atoms with Gasteiger partial charge in [0.2, 0.25) is 0 Å². The fraction of sp³-hybridized carbons (Fsp3) is 0.400. The van der Waals surface area contributed by atoms with Gasteiger partial charge in [0, 0.05) is 18.2 Å². The Hall–Kier alpha value is -1.45. The maximum Gasteiger partial charge on any atom is 0.108 e. The van der Waals surface area contributed by atoms with Crippen LogP contribution in [-0.4, -0.2) is 22.3 Å². The number of fused-ring (bicyclic) bond motifs is 1. The first kappa shape index (κ1) is 13.0. The van der Waals surface area contributed by atoms with Gasteiger partial charge in [-0.15, -0.1) is 0 Å². The van der Waals surface area contributed by atoms with Crippen molar-refractivity contribution in [2.24, 2.45) is 0 Å². The third kappa shape index (κ3) is 2.37. The van der Waals surface area contributed by atoms with Gasteiger partial charge in [0.25, 0.3) is 0 Å².